The van der Waals surface area contributed by atoms with Gasteiger partial charge in [0, 0.05) is 26.0 Å². The molecule has 3 atom stereocenters. The van der Waals surface area contributed by atoms with Crippen molar-refractivity contribution in [1.29, 1.82) is 0 Å². The van der Waals surface area contributed by atoms with Gasteiger partial charge in [0.1, 0.15) is 21.9 Å². The van der Waals surface area contributed by atoms with Gasteiger partial charge in [0.2, 0.25) is 5.16 Å². The molecule has 26 heavy (non-hydrogen) atoms. The minimum Gasteiger partial charge on any atom is -0.383 e. The smallest absolute Gasteiger partial charge is 0.222 e. The number of rotatable bonds is 4. The number of benzene rings is 1. The summed E-state index contributed by atoms with van der Waals surface area (Å²) in [6.07, 6.45) is 2.94. The molecule has 0 radical (unpaired) electrons. The predicted molar refractivity (Wildman–Crippen MR) is 103 cm³/mol. The van der Waals surface area contributed by atoms with Gasteiger partial charge in [-0.2, -0.15) is 0 Å². The predicted octanol–water partition coefficient (Wildman–Crippen LogP) is 3.05. The Labute approximate surface area is 162 Å². The number of halogens is 2. The molecule has 0 aliphatic carbocycles. The molecule has 2 heterocycles. The van der Waals surface area contributed by atoms with Crippen LogP contribution in [0.25, 0.3) is 0 Å². The molecule has 1 aromatic carbocycles. The van der Waals surface area contributed by atoms with Crippen LogP contribution in [0.15, 0.2) is 33.9 Å². The molecule has 1 aliphatic heterocycles. The van der Waals surface area contributed by atoms with Crippen molar-refractivity contribution in [1.82, 2.24) is 9.97 Å². The summed E-state index contributed by atoms with van der Waals surface area (Å²) >= 11 is 3.44. The van der Waals surface area contributed by atoms with E-state index in [9.17, 15) is 8.60 Å². The second-order valence-electron chi connectivity index (χ2n) is 6.18. The molecule has 1 aromatic heterocycles. The normalized spacial score (nSPS) is 21.4. The zero-order valence-corrected chi connectivity index (χ0v) is 16.9. The van der Waals surface area contributed by atoms with Crippen molar-refractivity contribution < 1.29 is 13.3 Å². The van der Waals surface area contributed by atoms with E-state index in [2.05, 4.69) is 25.9 Å². The second-order valence-corrected chi connectivity index (χ2v) is 8.25. The van der Waals surface area contributed by atoms with E-state index in [1.54, 1.807) is 12.1 Å². The van der Waals surface area contributed by atoms with Crippen molar-refractivity contribution >= 4 is 38.4 Å². The summed E-state index contributed by atoms with van der Waals surface area (Å²) in [5.74, 6) is 0.598. The van der Waals surface area contributed by atoms with Gasteiger partial charge in [-0.25, -0.2) is 14.4 Å². The highest BCUT2D eigenvalue weighted by molar-refractivity contribution is 9.10. The lowest BCUT2D eigenvalue weighted by Gasteiger charge is -2.36. The van der Waals surface area contributed by atoms with Crippen molar-refractivity contribution in [2.24, 2.45) is 0 Å². The highest BCUT2D eigenvalue weighted by Crippen LogP contribution is 2.35. The van der Waals surface area contributed by atoms with Crippen LogP contribution in [0.5, 0.6) is 0 Å². The van der Waals surface area contributed by atoms with Crippen LogP contribution in [0.4, 0.5) is 16.0 Å². The fourth-order valence-electron chi connectivity index (χ4n) is 3.01. The van der Waals surface area contributed by atoms with Gasteiger partial charge in [0.05, 0.1) is 16.9 Å². The number of nitrogens with zero attached hydrogens (tertiary/aromatic N) is 3. The first-order chi connectivity index (χ1) is 12.4. The Bertz CT molecular complexity index is 821. The van der Waals surface area contributed by atoms with Gasteiger partial charge in [-0.1, -0.05) is 12.1 Å². The molecule has 1 aliphatic rings. The van der Waals surface area contributed by atoms with Crippen molar-refractivity contribution in [2.75, 3.05) is 30.5 Å². The maximum absolute atomic E-state index is 13.2. The van der Waals surface area contributed by atoms with Gasteiger partial charge in [0.15, 0.2) is 0 Å². The van der Waals surface area contributed by atoms with Crippen molar-refractivity contribution in [3.05, 3.63) is 40.1 Å². The molecular weight excluding hydrogens is 423 g/mol. The van der Waals surface area contributed by atoms with Crippen LogP contribution in [0.3, 0.4) is 0 Å². The van der Waals surface area contributed by atoms with Gasteiger partial charge < -0.3 is 15.4 Å². The Balaban J connectivity index is 1.84. The van der Waals surface area contributed by atoms with Gasteiger partial charge in [0.25, 0.3) is 0 Å². The van der Waals surface area contributed by atoms with E-state index in [4.69, 9.17) is 10.5 Å². The van der Waals surface area contributed by atoms with Crippen molar-refractivity contribution in [2.45, 2.75) is 30.1 Å². The molecule has 6 nitrogen and oxygen atoms in total. The average molecular weight is 443 g/mol. The molecule has 1 saturated heterocycles. The first kappa shape index (κ1) is 19.2. The third-order valence-corrected chi connectivity index (χ3v) is 5.93. The molecule has 0 bridgehead atoms. The number of hydrogen-bond acceptors (Lipinski definition) is 6. The SMILES string of the molecule is CN(c1nc(S(C)=O)nc(N)c1Br)C1CCOC(c2ccc(F)cc2)C1. The number of hydrogen-bond donors (Lipinski definition) is 1. The molecule has 2 N–H and O–H groups in total. The van der Waals surface area contributed by atoms with Gasteiger partial charge in [-0.05, 0) is 46.5 Å². The standard InChI is InChI=1S/C17H20BrFN4O2S/c1-23(16-14(18)15(20)21-17(22-16)26(2)24)12-7-8-25-13(9-12)10-3-5-11(19)6-4-10/h3-6,12-13H,7-9H2,1-2H3,(H2,20,21,22). The molecule has 3 rings (SSSR count). The average Bonchev–Trinajstić information content (AvgIpc) is 2.64. The highest BCUT2D eigenvalue weighted by Gasteiger charge is 2.29. The first-order valence-corrected chi connectivity index (χ1v) is 10.5. The summed E-state index contributed by atoms with van der Waals surface area (Å²) in [5, 5.41) is 0.203. The summed E-state index contributed by atoms with van der Waals surface area (Å²) < 4.78 is 31.4. The van der Waals surface area contributed by atoms with E-state index in [0.29, 0.717) is 16.9 Å². The second kappa shape index (κ2) is 7.98. The molecule has 0 spiro atoms. The summed E-state index contributed by atoms with van der Waals surface area (Å²) in [6, 6.07) is 6.52. The van der Waals surface area contributed by atoms with Crippen molar-refractivity contribution in [3.63, 3.8) is 0 Å². The minimum absolute atomic E-state index is 0.116. The van der Waals surface area contributed by atoms with E-state index < -0.39 is 10.8 Å². The van der Waals surface area contributed by atoms with Crippen LogP contribution in [-0.4, -0.2) is 40.1 Å². The molecule has 140 valence electrons. The quantitative estimate of drug-likeness (QED) is 0.732. The molecule has 2 aromatic rings. The van der Waals surface area contributed by atoms with E-state index in [0.717, 1.165) is 18.4 Å². The van der Waals surface area contributed by atoms with Gasteiger partial charge in [-0.3, -0.25) is 4.21 Å². The number of aromatic nitrogens is 2. The van der Waals surface area contributed by atoms with E-state index in [1.165, 1.54) is 18.4 Å². The van der Waals surface area contributed by atoms with Crippen LogP contribution in [-0.2, 0) is 15.5 Å². The summed E-state index contributed by atoms with van der Waals surface area (Å²) in [5.41, 5.74) is 6.89. The molecule has 0 amide bonds. The first-order valence-electron chi connectivity index (χ1n) is 8.13. The maximum Gasteiger partial charge on any atom is 0.222 e. The zero-order valence-electron chi connectivity index (χ0n) is 14.5. The lowest BCUT2D eigenvalue weighted by atomic mass is 9.96. The van der Waals surface area contributed by atoms with Gasteiger partial charge in [-0.15, -0.1) is 0 Å². The lowest BCUT2D eigenvalue weighted by Crippen LogP contribution is -2.38. The number of nitrogens with two attached hydrogens (primary N) is 1. The van der Waals surface area contributed by atoms with Crippen molar-refractivity contribution in [3.8, 4) is 0 Å². The molecule has 9 heteroatoms. The minimum atomic E-state index is -1.33. The third kappa shape index (κ3) is 4.05. The van der Waals surface area contributed by atoms with Crippen LogP contribution < -0.4 is 10.6 Å². The van der Waals surface area contributed by atoms with Crippen LogP contribution in [0.2, 0.25) is 0 Å². The summed E-state index contributed by atoms with van der Waals surface area (Å²) in [6.45, 7) is 0.585. The van der Waals surface area contributed by atoms with Crippen LogP contribution in [0.1, 0.15) is 24.5 Å². The number of nitrogen functional groups attached to an aromatic ring is 1. The molecule has 3 unspecified atom stereocenters. The Morgan fingerprint density at radius 1 is 1.35 bits per heavy atom. The highest BCUT2D eigenvalue weighted by atomic mass is 79.9. The largest absolute Gasteiger partial charge is 0.383 e. The Kier molecular flexibility index (Phi) is 5.89. The fourth-order valence-corrected chi connectivity index (χ4v) is 3.91. The van der Waals surface area contributed by atoms with E-state index in [1.807, 2.05) is 11.9 Å². The van der Waals surface area contributed by atoms with E-state index >= 15 is 0 Å². The number of ether oxygens (including phenoxy) is 1. The molecule has 1 fully saturated rings. The Morgan fingerprint density at radius 3 is 2.69 bits per heavy atom. The maximum atomic E-state index is 13.2. The lowest BCUT2D eigenvalue weighted by molar-refractivity contribution is 0.00577. The van der Waals surface area contributed by atoms with Crippen LogP contribution in [0, 0.1) is 5.82 Å². The van der Waals surface area contributed by atoms with Crippen LogP contribution >= 0.6 is 15.9 Å². The number of anilines is 2. The fraction of sp³-hybridized carbons (Fsp3) is 0.412. The third-order valence-electron chi connectivity index (χ3n) is 4.48. The summed E-state index contributed by atoms with van der Waals surface area (Å²) in [7, 11) is 0.595. The zero-order chi connectivity index (χ0) is 18.8. The van der Waals surface area contributed by atoms with E-state index in [-0.39, 0.29) is 28.9 Å². The Morgan fingerprint density at radius 2 is 2.04 bits per heavy atom. The summed E-state index contributed by atoms with van der Waals surface area (Å²) in [4.78, 5) is 10.5. The molecular formula is C17H20BrFN4O2S. The monoisotopic (exact) mass is 442 g/mol. The molecule has 0 saturated carbocycles. The topological polar surface area (TPSA) is 81.3 Å². The Hall–Kier alpha value is -1.58. The van der Waals surface area contributed by atoms with Gasteiger partial charge >= 0.3 is 0 Å².